The molecule has 1 aliphatic heterocycles. The number of hydrogen-bond donors (Lipinski definition) is 1. The molecule has 2 aliphatic rings. The van der Waals surface area contributed by atoms with Crippen molar-refractivity contribution in [3.8, 4) is 5.75 Å². The van der Waals surface area contributed by atoms with Gasteiger partial charge in [0.05, 0.1) is 11.8 Å². The highest BCUT2D eigenvalue weighted by molar-refractivity contribution is 5.96. The van der Waals surface area contributed by atoms with E-state index in [1.807, 2.05) is 4.90 Å². The van der Waals surface area contributed by atoms with Gasteiger partial charge in [-0.1, -0.05) is 19.3 Å². The van der Waals surface area contributed by atoms with Gasteiger partial charge in [-0.15, -0.1) is 0 Å². The fourth-order valence-electron chi connectivity index (χ4n) is 3.52. The first-order valence-corrected chi connectivity index (χ1v) is 7.18. The maximum atomic E-state index is 12.4. The van der Waals surface area contributed by atoms with E-state index in [0.717, 1.165) is 25.4 Å². The minimum absolute atomic E-state index is 0.0155. The van der Waals surface area contributed by atoms with Crippen LogP contribution in [0.5, 0.6) is 5.75 Å². The Labute approximate surface area is 113 Å². The molecule has 2 unspecified atom stereocenters. The first kappa shape index (κ1) is 12.5. The number of piperidine rings is 1. The molecule has 0 bridgehead atoms. The second-order valence-corrected chi connectivity index (χ2v) is 5.74. The molecule has 4 nitrogen and oxygen atoms in total. The Kier molecular flexibility index (Phi) is 3.40. The van der Waals surface area contributed by atoms with Crippen LogP contribution in [-0.4, -0.2) is 34.0 Å². The number of hydrogen-bond acceptors (Lipinski definition) is 3. The van der Waals surface area contributed by atoms with Crippen molar-refractivity contribution in [3.05, 3.63) is 24.0 Å². The lowest BCUT2D eigenvalue weighted by Crippen LogP contribution is -2.44. The number of pyridine rings is 1. The standard InChI is InChI=1S/C15H20N2O2/c18-14-9-16-7-5-13(14)15(19)17-8-6-11-3-1-2-4-12(11)10-17/h5,7,9,11-12,18H,1-4,6,8,10H2. The molecule has 1 aromatic rings. The number of nitrogens with zero attached hydrogens (tertiary/aromatic N) is 2. The van der Waals surface area contributed by atoms with E-state index in [1.165, 1.54) is 31.9 Å². The Morgan fingerprint density at radius 2 is 2.05 bits per heavy atom. The monoisotopic (exact) mass is 260 g/mol. The topological polar surface area (TPSA) is 53.4 Å². The summed E-state index contributed by atoms with van der Waals surface area (Å²) in [5.74, 6) is 1.40. The minimum atomic E-state index is -0.0519. The van der Waals surface area contributed by atoms with E-state index in [1.54, 1.807) is 12.3 Å². The molecule has 3 rings (SSSR count). The molecule has 2 heterocycles. The van der Waals surface area contributed by atoms with Gasteiger partial charge in [-0.25, -0.2) is 0 Å². The molecule has 1 aromatic heterocycles. The summed E-state index contributed by atoms with van der Waals surface area (Å²) in [6.45, 7) is 1.67. The highest BCUT2D eigenvalue weighted by Crippen LogP contribution is 2.36. The third-order valence-corrected chi connectivity index (χ3v) is 4.61. The molecule has 1 aliphatic carbocycles. The van der Waals surface area contributed by atoms with Crippen molar-refractivity contribution in [2.24, 2.45) is 11.8 Å². The van der Waals surface area contributed by atoms with Crippen LogP contribution in [0.4, 0.5) is 0 Å². The zero-order valence-corrected chi connectivity index (χ0v) is 11.1. The maximum absolute atomic E-state index is 12.4. The van der Waals surface area contributed by atoms with E-state index in [9.17, 15) is 9.90 Å². The Hall–Kier alpha value is -1.58. The molecule has 1 saturated carbocycles. The zero-order chi connectivity index (χ0) is 13.2. The van der Waals surface area contributed by atoms with E-state index < -0.39 is 0 Å². The lowest BCUT2D eigenvalue weighted by molar-refractivity contribution is 0.0518. The van der Waals surface area contributed by atoms with Crippen molar-refractivity contribution >= 4 is 5.91 Å². The van der Waals surface area contributed by atoms with E-state index >= 15 is 0 Å². The van der Waals surface area contributed by atoms with Crippen LogP contribution in [0.1, 0.15) is 42.5 Å². The van der Waals surface area contributed by atoms with Crippen LogP contribution in [0, 0.1) is 11.8 Å². The normalized spacial score (nSPS) is 26.8. The van der Waals surface area contributed by atoms with Gasteiger partial charge in [-0.05, 0) is 30.7 Å². The third kappa shape index (κ3) is 2.44. The Morgan fingerprint density at radius 3 is 2.84 bits per heavy atom. The SMILES string of the molecule is O=C(c1ccncc1O)N1CCC2CCCCC2C1. The van der Waals surface area contributed by atoms with Crippen LogP contribution in [0.25, 0.3) is 0 Å². The maximum Gasteiger partial charge on any atom is 0.257 e. The quantitative estimate of drug-likeness (QED) is 0.843. The predicted octanol–water partition coefficient (Wildman–Crippen LogP) is 2.44. The summed E-state index contributed by atoms with van der Waals surface area (Å²) >= 11 is 0. The molecular weight excluding hydrogens is 240 g/mol. The zero-order valence-electron chi connectivity index (χ0n) is 11.1. The molecule has 1 saturated heterocycles. The Bertz CT molecular complexity index is 475. The van der Waals surface area contributed by atoms with Crippen LogP contribution in [0.3, 0.4) is 0 Å². The van der Waals surface area contributed by atoms with Gasteiger partial charge in [0.25, 0.3) is 5.91 Å². The summed E-state index contributed by atoms with van der Waals surface area (Å²) in [7, 11) is 0. The number of rotatable bonds is 1. The van der Waals surface area contributed by atoms with E-state index in [-0.39, 0.29) is 11.7 Å². The Morgan fingerprint density at radius 1 is 1.26 bits per heavy atom. The highest BCUT2D eigenvalue weighted by Gasteiger charge is 2.33. The van der Waals surface area contributed by atoms with Crippen molar-refractivity contribution in [3.63, 3.8) is 0 Å². The summed E-state index contributed by atoms with van der Waals surface area (Å²) < 4.78 is 0. The molecule has 1 N–H and O–H groups in total. The number of aromatic hydroxyl groups is 1. The molecule has 19 heavy (non-hydrogen) atoms. The molecule has 102 valence electrons. The number of likely N-dealkylation sites (tertiary alicyclic amines) is 1. The van der Waals surface area contributed by atoms with Gasteiger partial charge in [0, 0.05) is 19.3 Å². The summed E-state index contributed by atoms with van der Waals surface area (Å²) in [6.07, 6.45) is 9.22. The second-order valence-electron chi connectivity index (χ2n) is 5.74. The van der Waals surface area contributed by atoms with Gasteiger partial charge in [-0.2, -0.15) is 0 Å². The second kappa shape index (κ2) is 5.19. The summed E-state index contributed by atoms with van der Waals surface area (Å²) in [4.78, 5) is 18.2. The van der Waals surface area contributed by atoms with Gasteiger partial charge in [0.15, 0.2) is 0 Å². The van der Waals surface area contributed by atoms with Gasteiger partial charge < -0.3 is 10.0 Å². The van der Waals surface area contributed by atoms with Crippen LogP contribution < -0.4 is 0 Å². The van der Waals surface area contributed by atoms with Gasteiger partial charge in [0.2, 0.25) is 0 Å². The van der Waals surface area contributed by atoms with Crippen molar-refractivity contribution in [1.82, 2.24) is 9.88 Å². The first-order chi connectivity index (χ1) is 9.25. The predicted molar refractivity (Wildman–Crippen MR) is 71.9 cm³/mol. The van der Waals surface area contributed by atoms with Crippen molar-refractivity contribution in [1.29, 1.82) is 0 Å². The van der Waals surface area contributed by atoms with Crippen LogP contribution in [-0.2, 0) is 0 Å². The number of carbonyl (C=O) groups is 1. The molecule has 2 atom stereocenters. The Balaban J connectivity index is 1.73. The van der Waals surface area contributed by atoms with E-state index in [4.69, 9.17) is 0 Å². The van der Waals surface area contributed by atoms with Crippen LogP contribution in [0.2, 0.25) is 0 Å². The van der Waals surface area contributed by atoms with E-state index in [0.29, 0.717) is 11.5 Å². The number of aromatic nitrogens is 1. The fourth-order valence-corrected chi connectivity index (χ4v) is 3.52. The van der Waals surface area contributed by atoms with Gasteiger partial charge in [-0.3, -0.25) is 9.78 Å². The molecular formula is C15H20N2O2. The molecule has 4 heteroatoms. The lowest BCUT2D eigenvalue weighted by Gasteiger charge is -2.41. The molecule has 0 aromatic carbocycles. The lowest BCUT2D eigenvalue weighted by atomic mass is 9.75. The number of fused-ring (bicyclic) bond motifs is 1. The number of amides is 1. The van der Waals surface area contributed by atoms with E-state index in [2.05, 4.69) is 4.98 Å². The molecule has 0 radical (unpaired) electrons. The smallest absolute Gasteiger partial charge is 0.257 e. The van der Waals surface area contributed by atoms with Crippen LogP contribution in [0.15, 0.2) is 18.5 Å². The summed E-state index contributed by atoms with van der Waals surface area (Å²) in [6, 6.07) is 1.60. The average molecular weight is 260 g/mol. The average Bonchev–Trinajstić information content (AvgIpc) is 2.46. The van der Waals surface area contributed by atoms with Gasteiger partial charge in [0.1, 0.15) is 5.75 Å². The minimum Gasteiger partial charge on any atom is -0.505 e. The van der Waals surface area contributed by atoms with Crippen molar-refractivity contribution in [2.45, 2.75) is 32.1 Å². The number of carbonyl (C=O) groups excluding carboxylic acids is 1. The van der Waals surface area contributed by atoms with Crippen molar-refractivity contribution < 1.29 is 9.90 Å². The fraction of sp³-hybridized carbons (Fsp3) is 0.600. The van der Waals surface area contributed by atoms with Gasteiger partial charge >= 0.3 is 0 Å². The summed E-state index contributed by atoms with van der Waals surface area (Å²) in [5, 5.41) is 9.73. The molecule has 2 fully saturated rings. The van der Waals surface area contributed by atoms with Crippen molar-refractivity contribution in [2.75, 3.05) is 13.1 Å². The third-order valence-electron chi connectivity index (χ3n) is 4.61. The summed E-state index contributed by atoms with van der Waals surface area (Å²) in [5.41, 5.74) is 0.379. The molecule has 0 spiro atoms. The van der Waals surface area contributed by atoms with Crippen LogP contribution >= 0.6 is 0 Å². The molecule has 1 amide bonds. The largest absolute Gasteiger partial charge is 0.505 e. The highest BCUT2D eigenvalue weighted by atomic mass is 16.3. The first-order valence-electron chi connectivity index (χ1n) is 7.18.